The van der Waals surface area contributed by atoms with Gasteiger partial charge in [-0.2, -0.15) is 16.4 Å². The van der Waals surface area contributed by atoms with Gasteiger partial charge in [-0.1, -0.05) is 0 Å². The number of hydrazine groups is 1. The van der Waals surface area contributed by atoms with Crippen LogP contribution in [0, 0.1) is 13.8 Å². The molecule has 0 saturated carbocycles. The van der Waals surface area contributed by atoms with E-state index in [0.717, 1.165) is 17.0 Å². The number of nitrogens with zero attached hydrogens (tertiary/aromatic N) is 2. The summed E-state index contributed by atoms with van der Waals surface area (Å²) in [4.78, 5) is 23.3. The zero-order valence-electron chi connectivity index (χ0n) is 12.0. The van der Waals surface area contributed by atoms with Crippen LogP contribution in [0.3, 0.4) is 0 Å². The number of nitrogens with one attached hydrogen (secondary N) is 2. The van der Waals surface area contributed by atoms with Crippen LogP contribution in [-0.4, -0.2) is 21.6 Å². The van der Waals surface area contributed by atoms with E-state index >= 15 is 0 Å². The molecule has 0 saturated heterocycles. The predicted molar refractivity (Wildman–Crippen MR) is 80.6 cm³/mol. The fraction of sp³-hybridized carbons (Fsp3) is 0.357. The van der Waals surface area contributed by atoms with Crippen LogP contribution in [0.25, 0.3) is 0 Å². The molecule has 0 spiro atoms. The highest BCUT2D eigenvalue weighted by atomic mass is 32.1. The van der Waals surface area contributed by atoms with Gasteiger partial charge in [0.2, 0.25) is 5.91 Å². The van der Waals surface area contributed by atoms with Gasteiger partial charge in [-0.25, -0.2) is 0 Å². The van der Waals surface area contributed by atoms with Crippen molar-refractivity contribution in [2.24, 2.45) is 0 Å². The summed E-state index contributed by atoms with van der Waals surface area (Å²) >= 11 is 1.60. The molecule has 2 amide bonds. The molecule has 2 aromatic heterocycles. The summed E-state index contributed by atoms with van der Waals surface area (Å²) in [6.45, 7) is 3.84. The van der Waals surface area contributed by atoms with Crippen LogP contribution in [0.1, 0.15) is 23.4 Å². The first-order chi connectivity index (χ1) is 10.0. The van der Waals surface area contributed by atoms with E-state index in [9.17, 15) is 9.59 Å². The first-order valence-corrected chi connectivity index (χ1v) is 7.58. The van der Waals surface area contributed by atoms with Crippen molar-refractivity contribution in [1.29, 1.82) is 0 Å². The van der Waals surface area contributed by atoms with Crippen LogP contribution in [0.5, 0.6) is 0 Å². The second kappa shape index (κ2) is 7.03. The number of amides is 2. The van der Waals surface area contributed by atoms with Gasteiger partial charge in [0, 0.05) is 12.1 Å². The van der Waals surface area contributed by atoms with Gasteiger partial charge in [-0.3, -0.25) is 25.1 Å². The number of aryl methyl sites for hydroxylation is 3. The Bertz CT molecular complexity index is 619. The molecule has 112 valence electrons. The van der Waals surface area contributed by atoms with E-state index in [0.29, 0.717) is 12.8 Å². The van der Waals surface area contributed by atoms with Gasteiger partial charge in [0.05, 0.1) is 5.69 Å². The Labute approximate surface area is 127 Å². The average molecular weight is 306 g/mol. The quantitative estimate of drug-likeness (QED) is 0.819. The largest absolute Gasteiger partial charge is 0.273 e. The van der Waals surface area contributed by atoms with E-state index in [1.165, 1.54) is 0 Å². The highest BCUT2D eigenvalue weighted by Gasteiger charge is 2.08. The Morgan fingerprint density at radius 1 is 1.29 bits per heavy atom. The fourth-order valence-electron chi connectivity index (χ4n) is 1.91. The molecule has 0 bridgehead atoms. The Morgan fingerprint density at radius 2 is 2.05 bits per heavy atom. The van der Waals surface area contributed by atoms with E-state index in [1.807, 2.05) is 36.7 Å². The van der Waals surface area contributed by atoms with E-state index < -0.39 is 0 Å². The van der Waals surface area contributed by atoms with Crippen molar-refractivity contribution in [2.75, 3.05) is 0 Å². The lowest BCUT2D eigenvalue weighted by molar-refractivity contribution is -0.129. The lowest BCUT2D eigenvalue weighted by Crippen LogP contribution is -2.43. The first kappa shape index (κ1) is 15.2. The molecule has 2 aromatic rings. The minimum absolute atomic E-state index is 0.0878. The van der Waals surface area contributed by atoms with Gasteiger partial charge in [0.25, 0.3) is 5.91 Å². The third kappa shape index (κ3) is 4.71. The Hall–Kier alpha value is -2.15. The third-order valence-electron chi connectivity index (χ3n) is 2.96. The van der Waals surface area contributed by atoms with Crippen molar-refractivity contribution >= 4 is 23.2 Å². The van der Waals surface area contributed by atoms with Crippen LogP contribution < -0.4 is 10.9 Å². The molecule has 0 unspecified atom stereocenters. The standard InChI is InChI=1S/C14H18N4O2S/c1-10-7-11(2)18(17-10)8-14(20)16-15-13(19)4-3-12-5-6-21-9-12/h5-7,9H,3-4,8H2,1-2H3,(H,15,19)(H,16,20). The molecule has 2 rings (SSSR count). The molecular formula is C14H18N4O2S. The van der Waals surface area contributed by atoms with Crippen molar-refractivity contribution in [3.63, 3.8) is 0 Å². The molecule has 0 atom stereocenters. The Morgan fingerprint density at radius 3 is 2.67 bits per heavy atom. The first-order valence-electron chi connectivity index (χ1n) is 6.64. The van der Waals surface area contributed by atoms with Gasteiger partial charge in [-0.05, 0) is 48.7 Å². The fourth-order valence-corrected chi connectivity index (χ4v) is 2.61. The maximum absolute atomic E-state index is 11.7. The molecule has 0 aliphatic carbocycles. The molecule has 0 fully saturated rings. The minimum atomic E-state index is -0.301. The summed E-state index contributed by atoms with van der Waals surface area (Å²) < 4.78 is 1.60. The molecule has 6 nitrogen and oxygen atoms in total. The lowest BCUT2D eigenvalue weighted by Gasteiger charge is -2.08. The number of hydrogen-bond donors (Lipinski definition) is 2. The van der Waals surface area contributed by atoms with E-state index in [4.69, 9.17) is 0 Å². The second-order valence-corrected chi connectivity index (χ2v) is 5.59. The summed E-state index contributed by atoms with van der Waals surface area (Å²) in [5.41, 5.74) is 7.71. The van der Waals surface area contributed by atoms with Crippen LogP contribution in [0.4, 0.5) is 0 Å². The molecule has 21 heavy (non-hydrogen) atoms. The third-order valence-corrected chi connectivity index (χ3v) is 3.69. The summed E-state index contributed by atoms with van der Waals surface area (Å²) in [7, 11) is 0. The van der Waals surface area contributed by atoms with Crippen LogP contribution in [-0.2, 0) is 22.6 Å². The van der Waals surface area contributed by atoms with Crippen LogP contribution in [0.15, 0.2) is 22.9 Å². The number of carbonyl (C=O) groups is 2. The average Bonchev–Trinajstić information content (AvgIpc) is 3.04. The van der Waals surface area contributed by atoms with E-state index in [1.54, 1.807) is 16.0 Å². The zero-order chi connectivity index (χ0) is 15.2. The monoisotopic (exact) mass is 306 g/mol. The van der Waals surface area contributed by atoms with Crippen LogP contribution in [0.2, 0.25) is 0 Å². The molecule has 2 N–H and O–H groups in total. The van der Waals surface area contributed by atoms with Gasteiger partial charge in [-0.15, -0.1) is 0 Å². The lowest BCUT2D eigenvalue weighted by atomic mass is 10.2. The number of rotatable bonds is 5. The predicted octanol–water partition coefficient (Wildman–Crippen LogP) is 1.34. The van der Waals surface area contributed by atoms with E-state index in [2.05, 4.69) is 16.0 Å². The number of thiophene rings is 1. The van der Waals surface area contributed by atoms with Crippen molar-refractivity contribution < 1.29 is 9.59 Å². The normalized spacial score (nSPS) is 10.4. The maximum atomic E-state index is 11.7. The maximum Gasteiger partial charge on any atom is 0.260 e. The Kier molecular flexibility index (Phi) is 5.10. The van der Waals surface area contributed by atoms with E-state index in [-0.39, 0.29) is 18.4 Å². The molecule has 2 heterocycles. The molecule has 0 aliphatic rings. The minimum Gasteiger partial charge on any atom is -0.273 e. The molecule has 0 aromatic carbocycles. The van der Waals surface area contributed by atoms with Crippen molar-refractivity contribution in [3.8, 4) is 0 Å². The topological polar surface area (TPSA) is 76.0 Å². The van der Waals surface area contributed by atoms with Gasteiger partial charge < -0.3 is 0 Å². The van der Waals surface area contributed by atoms with Gasteiger partial charge in [0.15, 0.2) is 0 Å². The van der Waals surface area contributed by atoms with Gasteiger partial charge >= 0.3 is 0 Å². The number of aromatic nitrogens is 2. The van der Waals surface area contributed by atoms with Gasteiger partial charge in [0.1, 0.15) is 6.54 Å². The molecular weight excluding hydrogens is 288 g/mol. The Balaban J connectivity index is 1.71. The number of hydrogen-bond acceptors (Lipinski definition) is 4. The molecule has 7 heteroatoms. The second-order valence-electron chi connectivity index (χ2n) is 4.81. The smallest absolute Gasteiger partial charge is 0.260 e. The molecule has 0 aliphatic heterocycles. The summed E-state index contributed by atoms with van der Waals surface area (Å²) in [6.07, 6.45) is 1.01. The van der Waals surface area contributed by atoms with Crippen molar-refractivity contribution in [2.45, 2.75) is 33.2 Å². The van der Waals surface area contributed by atoms with Crippen LogP contribution >= 0.6 is 11.3 Å². The van der Waals surface area contributed by atoms with Crippen molar-refractivity contribution in [1.82, 2.24) is 20.6 Å². The summed E-state index contributed by atoms with van der Waals surface area (Å²) in [5, 5.41) is 8.18. The summed E-state index contributed by atoms with van der Waals surface area (Å²) in [5.74, 6) is -0.506. The van der Waals surface area contributed by atoms with Crippen molar-refractivity contribution in [3.05, 3.63) is 39.8 Å². The highest BCUT2D eigenvalue weighted by Crippen LogP contribution is 2.07. The highest BCUT2D eigenvalue weighted by molar-refractivity contribution is 7.07. The number of carbonyl (C=O) groups excluding carboxylic acids is 2. The molecule has 0 radical (unpaired) electrons. The SMILES string of the molecule is Cc1cc(C)n(CC(=O)NNC(=O)CCc2ccsc2)n1. The summed E-state index contributed by atoms with van der Waals surface area (Å²) in [6, 6.07) is 3.88. The zero-order valence-corrected chi connectivity index (χ0v) is 12.9.